The second-order valence-corrected chi connectivity index (χ2v) is 7.74. The minimum Gasteiger partial charge on any atom is -0.483 e. The average Bonchev–Trinajstić information content (AvgIpc) is 2.59. The summed E-state index contributed by atoms with van der Waals surface area (Å²) >= 11 is 0. The molecule has 1 amide bonds. The van der Waals surface area contributed by atoms with Crippen LogP contribution in [-0.2, 0) is 19.7 Å². The van der Waals surface area contributed by atoms with Crippen LogP contribution in [0.5, 0.6) is 5.75 Å². The Morgan fingerprint density at radius 3 is 2.64 bits per heavy atom. The van der Waals surface area contributed by atoms with Gasteiger partial charge >= 0.3 is 5.97 Å². The first-order chi connectivity index (χ1) is 11.7. The molecular weight excluding hydrogens is 318 g/mol. The van der Waals surface area contributed by atoms with E-state index in [0.29, 0.717) is 13.1 Å². The van der Waals surface area contributed by atoms with Crippen molar-refractivity contribution in [3.8, 4) is 5.75 Å². The van der Waals surface area contributed by atoms with Gasteiger partial charge in [-0.05, 0) is 36.8 Å². The lowest BCUT2D eigenvalue weighted by Crippen LogP contribution is -2.44. The van der Waals surface area contributed by atoms with Gasteiger partial charge in [0.1, 0.15) is 5.75 Å². The first kappa shape index (κ1) is 19.3. The summed E-state index contributed by atoms with van der Waals surface area (Å²) < 4.78 is 10.7. The molecule has 0 bridgehead atoms. The number of aryl methyl sites for hydroxylation is 1. The summed E-state index contributed by atoms with van der Waals surface area (Å²) in [4.78, 5) is 25.9. The molecule has 1 aliphatic heterocycles. The smallest absolute Gasteiger partial charge is 0.310 e. The van der Waals surface area contributed by atoms with E-state index in [0.717, 1.165) is 24.2 Å². The number of carbonyl (C=O) groups is 2. The molecule has 0 aromatic heterocycles. The van der Waals surface area contributed by atoms with E-state index in [2.05, 4.69) is 26.8 Å². The van der Waals surface area contributed by atoms with Crippen LogP contribution in [0.3, 0.4) is 0 Å². The van der Waals surface area contributed by atoms with Crippen LogP contribution in [0.1, 0.15) is 44.7 Å². The van der Waals surface area contributed by atoms with Crippen molar-refractivity contribution in [2.24, 2.45) is 5.92 Å². The van der Waals surface area contributed by atoms with Crippen molar-refractivity contribution in [1.82, 2.24) is 4.90 Å². The van der Waals surface area contributed by atoms with Crippen LogP contribution in [0.15, 0.2) is 18.2 Å². The first-order valence-corrected chi connectivity index (χ1v) is 8.82. The number of rotatable bonds is 4. The molecule has 0 saturated carbocycles. The Morgan fingerprint density at radius 1 is 1.28 bits per heavy atom. The zero-order valence-corrected chi connectivity index (χ0v) is 15.9. The third kappa shape index (κ3) is 4.97. The monoisotopic (exact) mass is 347 g/mol. The van der Waals surface area contributed by atoms with Crippen LogP contribution in [-0.4, -0.2) is 43.6 Å². The second kappa shape index (κ2) is 7.89. The Bertz CT molecular complexity index is 633. The Hall–Kier alpha value is -2.04. The molecule has 1 fully saturated rings. The summed E-state index contributed by atoms with van der Waals surface area (Å²) in [5, 5.41) is 0. The zero-order chi connectivity index (χ0) is 18.6. The lowest BCUT2D eigenvalue weighted by atomic mass is 9.85. The fraction of sp³-hybridized carbons (Fsp3) is 0.600. The highest BCUT2D eigenvalue weighted by atomic mass is 16.5. The molecule has 0 N–H and O–H groups in total. The number of likely N-dealkylation sites (tertiary alicyclic amines) is 1. The van der Waals surface area contributed by atoms with Crippen molar-refractivity contribution in [2.75, 3.05) is 26.8 Å². The molecule has 1 aliphatic rings. The maximum Gasteiger partial charge on any atom is 0.310 e. The number of piperidine rings is 1. The summed E-state index contributed by atoms with van der Waals surface area (Å²) in [7, 11) is 1.39. The van der Waals surface area contributed by atoms with E-state index >= 15 is 0 Å². The minimum atomic E-state index is -0.244. The molecule has 1 aromatic carbocycles. The number of hydrogen-bond donors (Lipinski definition) is 0. The number of ether oxygens (including phenoxy) is 2. The number of methoxy groups -OCH3 is 1. The van der Waals surface area contributed by atoms with Crippen molar-refractivity contribution < 1.29 is 19.1 Å². The van der Waals surface area contributed by atoms with E-state index in [1.54, 1.807) is 4.90 Å². The van der Waals surface area contributed by atoms with Crippen molar-refractivity contribution >= 4 is 11.9 Å². The van der Waals surface area contributed by atoms with Crippen LogP contribution in [0.2, 0.25) is 0 Å². The van der Waals surface area contributed by atoms with Crippen LogP contribution < -0.4 is 4.74 Å². The zero-order valence-electron chi connectivity index (χ0n) is 15.9. The maximum atomic E-state index is 12.5. The molecule has 0 spiro atoms. The number of esters is 1. The molecule has 1 unspecified atom stereocenters. The van der Waals surface area contributed by atoms with Gasteiger partial charge in [-0.2, -0.15) is 0 Å². The van der Waals surface area contributed by atoms with E-state index in [4.69, 9.17) is 9.47 Å². The van der Waals surface area contributed by atoms with Gasteiger partial charge in [0.25, 0.3) is 5.91 Å². The van der Waals surface area contributed by atoms with Crippen LogP contribution in [0.25, 0.3) is 0 Å². The molecule has 2 rings (SSSR count). The molecule has 0 radical (unpaired) electrons. The highest BCUT2D eigenvalue weighted by molar-refractivity contribution is 5.79. The Labute approximate surface area is 150 Å². The van der Waals surface area contributed by atoms with Gasteiger partial charge in [0, 0.05) is 13.1 Å². The second-order valence-electron chi connectivity index (χ2n) is 7.74. The molecule has 1 saturated heterocycles. The van der Waals surface area contributed by atoms with Crippen molar-refractivity contribution in [1.29, 1.82) is 0 Å². The third-order valence-electron chi connectivity index (χ3n) is 4.60. The number of carbonyl (C=O) groups excluding carboxylic acids is 2. The van der Waals surface area contributed by atoms with E-state index in [9.17, 15) is 9.59 Å². The Morgan fingerprint density at radius 2 is 2.00 bits per heavy atom. The van der Waals surface area contributed by atoms with Crippen molar-refractivity contribution in [3.63, 3.8) is 0 Å². The third-order valence-corrected chi connectivity index (χ3v) is 4.60. The molecule has 138 valence electrons. The molecule has 25 heavy (non-hydrogen) atoms. The van der Waals surface area contributed by atoms with Gasteiger partial charge < -0.3 is 14.4 Å². The highest BCUT2D eigenvalue weighted by Gasteiger charge is 2.29. The molecule has 0 aliphatic carbocycles. The van der Waals surface area contributed by atoms with Crippen molar-refractivity contribution in [2.45, 2.75) is 46.0 Å². The summed E-state index contributed by atoms with van der Waals surface area (Å²) in [6.07, 6.45) is 1.58. The van der Waals surface area contributed by atoms with Gasteiger partial charge in [0.15, 0.2) is 6.61 Å². The predicted octanol–water partition coefficient (Wildman–Crippen LogP) is 3.08. The minimum absolute atomic E-state index is 0.0139. The van der Waals surface area contributed by atoms with Gasteiger partial charge in [0.2, 0.25) is 0 Å². The van der Waals surface area contributed by atoms with E-state index < -0.39 is 0 Å². The summed E-state index contributed by atoms with van der Waals surface area (Å²) in [6.45, 7) is 9.49. The normalized spacial score (nSPS) is 18.0. The summed E-state index contributed by atoms with van der Waals surface area (Å²) in [5.74, 6) is 0.182. The molecule has 1 atom stereocenters. The van der Waals surface area contributed by atoms with E-state index in [-0.39, 0.29) is 29.8 Å². The predicted molar refractivity (Wildman–Crippen MR) is 96.7 cm³/mol. The largest absolute Gasteiger partial charge is 0.483 e. The van der Waals surface area contributed by atoms with E-state index in [1.165, 1.54) is 12.7 Å². The lowest BCUT2D eigenvalue weighted by Gasteiger charge is -2.31. The molecule has 5 heteroatoms. The molecular formula is C20H29NO4. The van der Waals surface area contributed by atoms with Crippen LogP contribution >= 0.6 is 0 Å². The summed E-state index contributed by atoms with van der Waals surface area (Å²) in [6, 6.07) is 6.02. The van der Waals surface area contributed by atoms with Gasteiger partial charge in [-0.25, -0.2) is 0 Å². The van der Waals surface area contributed by atoms with E-state index in [1.807, 2.05) is 19.1 Å². The fourth-order valence-corrected chi connectivity index (χ4v) is 3.15. The Balaban J connectivity index is 2.02. The SMILES string of the molecule is COC(=O)C1CCCN(C(=O)COc2ccc(C)cc2C(C)(C)C)C1. The topological polar surface area (TPSA) is 55.8 Å². The number of amides is 1. The van der Waals surface area contributed by atoms with Crippen LogP contribution in [0.4, 0.5) is 0 Å². The molecule has 1 heterocycles. The van der Waals surface area contributed by atoms with Crippen LogP contribution in [0, 0.1) is 12.8 Å². The van der Waals surface area contributed by atoms with Gasteiger partial charge in [-0.15, -0.1) is 0 Å². The standard InChI is InChI=1S/C20H29NO4/c1-14-8-9-17(16(11-14)20(2,3)4)25-13-18(22)21-10-6-7-15(12-21)19(23)24-5/h8-9,11,15H,6-7,10,12-13H2,1-5H3. The molecule has 5 nitrogen and oxygen atoms in total. The number of benzene rings is 1. The van der Waals surface area contributed by atoms with Gasteiger partial charge in [0.05, 0.1) is 13.0 Å². The lowest BCUT2D eigenvalue weighted by molar-refractivity contribution is -0.149. The maximum absolute atomic E-state index is 12.5. The van der Waals surface area contributed by atoms with Crippen molar-refractivity contribution in [3.05, 3.63) is 29.3 Å². The van der Waals surface area contributed by atoms with Gasteiger partial charge in [-0.3, -0.25) is 9.59 Å². The summed E-state index contributed by atoms with van der Waals surface area (Å²) in [5.41, 5.74) is 2.19. The fourth-order valence-electron chi connectivity index (χ4n) is 3.15. The number of nitrogens with zero attached hydrogens (tertiary/aromatic N) is 1. The Kier molecular flexibility index (Phi) is 6.09. The highest BCUT2D eigenvalue weighted by Crippen LogP contribution is 2.32. The van der Waals surface area contributed by atoms with Gasteiger partial charge in [-0.1, -0.05) is 38.5 Å². The number of hydrogen-bond acceptors (Lipinski definition) is 4. The first-order valence-electron chi connectivity index (χ1n) is 8.82. The average molecular weight is 347 g/mol. The quantitative estimate of drug-likeness (QED) is 0.786. The molecule has 1 aromatic rings.